The molecule has 1 atom stereocenters. The lowest BCUT2D eigenvalue weighted by Crippen LogP contribution is -2.42. The monoisotopic (exact) mass is 413 g/mol. The number of carbonyl (C=O) groups excluding carboxylic acids is 1. The number of carbonyl (C=O) groups is 2. The van der Waals surface area contributed by atoms with Gasteiger partial charge in [-0.05, 0) is 44.6 Å². The van der Waals surface area contributed by atoms with Crippen LogP contribution in [0.15, 0.2) is 29.8 Å². The number of benzene rings is 1. The SMILES string of the molecule is CN(C)Cc1c[nH]c2ccc(-c3csc(NC(=O)C4CCCN4C(=O)O)n3)cc12. The Balaban J connectivity index is 1.53. The first-order valence-corrected chi connectivity index (χ1v) is 10.3. The van der Waals surface area contributed by atoms with Gasteiger partial charge >= 0.3 is 6.09 Å². The summed E-state index contributed by atoms with van der Waals surface area (Å²) in [5, 5.41) is 15.5. The number of hydrogen-bond donors (Lipinski definition) is 3. The number of hydrogen-bond acceptors (Lipinski definition) is 5. The van der Waals surface area contributed by atoms with Crippen LogP contribution in [0.1, 0.15) is 18.4 Å². The average molecular weight is 414 g/mol. The predicted octanol–water partition coefficient (Wildman–Crippen LogP) is 3.43. The third-order valence-corrected chi connectivity index (χ3v) is 5.84. The number of nitrogens with one attached hydrogen (secondary N) is 2. The van der Waals surface area contributed by atoms with Crippen molar-refractivity contribution in [3.05, 3.63) is 35.3 Å². The van der Waals surface area contributed by atoms with Crippen LogP contribution in [0.5, 0.6) is 0 Å². The van der Waals surface area contributed by atoms with Crippen molar-refractivity contribution < 1.29 is 14.7 Å². The van der Waals surface area contributed by atoms with Crippen molar-refractivity contribution >= 4 is 39.4 Å². The normalized spacial score (nSPS) is 16.7. The van der Waals surface area contributed by atoms with Gasteiger partial charge in [-0.25, -0.2) is 9.78 Å². The summed E-state index contributed by atoms with van der Waals surface area (Å²) in [6.45, 7) is 1.23. The van der Waals surface area contributed by atoms with Crippen LogP contribution >= 0.6 is 11.3 Å². The summed E-state index contributed by atoms with van der Waals surface area (Å²) in [5.41, 5.74) is 4.04. The summed E-state index contributed by atoms with van der Waals surface area (Å²) in [7, 11) is 4.07. The zero-order valence-electron chi connectivity index (χ0n) is 16.3. The number of H-pyrrole nitrogens is 1. The predicted molar refractivity (Wildman–Crippen MR) is 113 cm³/mol. The summed E-state index contributed by atoms with van der Waals surface area (Å²) in [4.78, 5) is 34.9. The van der Waals surface area contributed by atoms with E-state index in [-0.39, 0.29) is 5.91 Å². The molecule has 2 aromatic heterocycles. The van der Waals surface area contributed by atoms with E-state index < -0.39 is 12.1 Å². The first kappa shape index (κ1) is 19.4. The summed E-state index contributed by atoms with van der Waals surface area (Å²) < 4.78 is 0. The third-order valence-electron chi connectivity index (χ3n) is 5.09. The number of thiazole rings is 1. The van der Waals surface area contributed by atoms with E-state index in [9.17, 15) is 14.7 Å². The molecular formula is C20H23N5O3S. The molecule has 1 aliphatic heterocycles. The second-order valence-corrected chi connectivity index (χ2v) is 8.33. The molecule has 0 bridgehead atoms. The average Bonchev–Trinajstić information content (AvgIpc) is 3.40. The number of likely N-dealkylation sites (tertiary alicyclic amines) is 1. The number of amides is 2. The summed E-state index contributed by atoms with van der Waals surface area (Å²) >= 11 is 1.34. The number of carboxylic acid groups (broad SMARTS) is 1. The Kier molecular flexibility index (Phi) is 5.25. The van der Waals surface area contributed by atoms with Gasteiger partial charge in [0.2, 0.25) is 5.91 Å². The fraction of sp³-hybridized carbons (Fsp3) is 0.350. The minimum Gasteiger partial charge on any atom is -0.465 e. The first-order valence-electron chi connectivity index (χ1n) is 9.43. The zero-order valence-corrected chi connectivity index (χ0v) is 17.1. The summed E-state index contributed by atoms with van der Waals surface area (Å²) in [5.74, 6) is -0.319. The smallest absolute Gasteiger partial charge is 0.407 e. The molecule has 1 unspecified atom stereocenters. The molecule has 0 aliphatic carbocycles. The van der Waals surface area contributed by atoms with Crippen molar-refractivity contribution in [3.63, 3.8) is 0 Å². The van der Waals surface area contributed by atoms with Crippen molar-refractivity contribution in [3.8, 4) is 11.3 Å². The van der Waals surface area contributed by atoms with Crippen LogP contribution in [-0.2, 0) is 11.3 Å². The maximum atomic E-state index is 12.5. The highest BCUT2D eigenvalue weighted by Crippen LogP contribution is 2.30. The zero-order chi connectivity index (χ0) is 20.5. The van der Waals surface area contributed by atoms with Crippen molar-refractivity contribution in [1.29, 1.82) is 0 Å². The van der Waals surface area contributed by atoms with E-state index in [1.807, 2.05) is 37.8 Å². The maximum absolute atomic E-state index is 12.5. The van der Waals surface area contributed by atoms with E-state index in [4.69, 9.17) is 0 Å². The summed E-state index contributed by atoms with van der Waals surface area (Å²) in [6, 6.07) is 5.49. The number of nitrogens with zero attached hydrogens (tertiary/aromatic N) is 3. The molecule has 3 heterocycles. The highest BCUT2D eigenvalue weighted by molar-refractivity contribution is 7.14. The van der Waals surface area contributed by atoms with Crippen LogP contribution in [0.3, 0.4) is 0 Å². The minimum atomic E-state index is -1.06. The molecule has 2 amide bonds. The van der Waals surface area contributed by atoms with Crippen LogP contribution in [0.25, 0.3) is 22.2 Å². The highest BCUT2D eigenvalue weighted by atomic mass is 32.1. The molecule has 3 aromatic rings. The number of fused-ring (bicyclic) bond motifs is 1. The molecule has 1 aliphatic rings. The lowest BCUT2D eigenvalue weighted by molar-refractivity contribution is -0.119. The lowest BCUT2D eigenvalue weighted by Gasteiger charge is -2.19. The lowest BCUT2D eigenvalue weighted by atomic mass is 10.1. The third kappa shape index (κ3) is 3.96. The van der Waals surface area contributed by atoms with Crippen molar-refractivity contribution in [1.82, 2.24) is 19.8 Å². The molecule has 8 nitrogen and oxygen atoms in total. The fourth-order valence-corrected chi connectivity index (χ4v) is 4.45. The van der Waals surface area contributed by atoms with E-state index >= 15 is 0 Å². The Labute approximate surface area is 172 Å². The number of anilines is 1. The van der Waals surface area contributed by atoms with Gasteiger partial charge < -0.3 is 20.3 Å². The van der Waals surface area contributed by atoms with Crippen LogP contribution in [-0.4, -0.2) is 63.6 Å². The maximum Gasteiger partial charge on any atom is 0.407 e. The fourth-order valence-electron chi connectivity index (χ4n) is 3.73. The standard InChI is InChI=1S/C20H23N5O3S/c1-24(2)10-13-9-21-15-6-5-12(8-14(13)15)16-11-29-19(22-16)23-18(26)17-4-3-7-25(17)20(27)28/h5-6,8-9,11,17,21H,3-4,7,10H2,1-2H3,(H,27,28)(H,22,23,26). The molecule has 152 valence electrons. The van der Waals surface area contributed by atoms with E-state index in [0.717, 1.165) is 28.7 Å². The second kappa shape index (κ2) is 7.84. The van der Waals surface area contributed by atoms with Crippen LogP contribution < -0.4 is 5.32 Å². The van der Waals surface area contributed by atoms with Gasteiger partial charge in [0.25, 0.3) is 0 Å². The molecule has 0 radical (unpaired) electrons. The number of aromatic amines is 1. The molecule has 1 fully saturated rings. The Morgan fingerprint density at radius 1 is 1.41 bits per heavy atom. The van der Waals surface area contributed by atoms with Crippen LogP contribution in [0.2, 0.25) is 0 Å². The van der Waals surface area contributed by atoms with Gasteiger partial charge in [0.15, 0.2) is 5.13 Å². The van der Waals surface area contributed by atoms with E-state index in [1.54, 1.807) is 0 Å². The van der Waals surface area contributed by atoms with Gasteiger partial charge in [-0.15, -0.1) is 11.3 Å². The molecule has 4 rings (SSSR count). The van der Waals surface area contributed by atoms with Crippen molar-refractivity contribution in [2.24, 2.45) is 0 Å². The molecule has 0 saturated carbocycles. The van der Waals surface area contributed by atoms with E-state index in [2.05, 4.69) is 26.3 Å². The first-order chi connectivity index (χ1) is 13.9. The van der Waals surface area contributed by atoms with E-state index in [1.165, 1.54) is 21.8 Å². The Morgan fingerprint density at radius 3 is 3.00 bits per heavy atom. The molecule has 9 heteroatoms. The highest BCUT2D eigenvalue weighted by Gasteiger charge is 2.34. The van der Waals surface area contributed by atoms with Gasteiger partial charge in [-0.3, -0.25) is 9.69 Å². The Hall–Kier alpha value is -2.91. The van der Waals surface area contributed by atoms with Crippen molar-refractivity contribution in [2.45, 2.75) is 25.4 Å². The van der Waals surface area contributed by atoms with Crippen LogP contribution in [0.4, 0.5) is 9.93 Å². The number of aromatic nitrogens is 2. The quantitative estimate of drug-likeness (QED) is 0.595. The second-order valence-electron chi connectivity index (χ2n) is 7.47. The van der Waals surface area contributed by atoms with Crippen LogP contribution in [0, 0.1) is 0 Å². The Bertz CT molecular complexity index is 1060. The van der Waals surface area contributed by atoms with Gasteiger partial charge in [0, 0.05) is 41.1 Å². The molecule has 1 saturated heterocycles. The Morgan fingerprint density at radius 2 is 2.24 bits per heavy atom. The van der Waals surface area contributed by atoms with Gasteiger partial charge in [0.05, 0.1) is 5.69 Å². The molecule has 3 N–H and O–H groups in total. The molecule has 29 heavy (non-hydrogen) atoms. The van der Waals surface area contributed by atoms with Crippen molar-refractivity contribution in [2.75, 3.05) is 26.0 Å². The minimum absolute atomic E-state index is 0.319. The largest absolute Gasteiger partial charge is 0.465 e. The van der Waals surface area contributed by atoms with Gasteiger partial charge in [0.1, 0.15) is 6.04 Å². The van der Waals surface area contributed by atoms with Gasteiger partial charge in [-0.2, -0.15) is 0 Å². The topological polar surface area (TPSA) is 102 Å². The number of rotatable bonds is 5. The molecular weight excluding hydrogens is 390 g/mol. The molecule has 1 aromatic carbocycles. The molecule has 0 spiro atoms. The van der Waals surface area contributed by atoms with Gasteiger partial charge in [-0.1, -0.05) is 6.07 Å². The van der Waals surface area contributed by atoms with E-state index in [0.29, 0.717) is 24.5 Å². The summed E-state index contributed by atoms with van der Waals surface area (Å²) in [6.07, 6.45) is 2.20.